The topological polar surface area (TPSA) is 121 Å². The molecule has 0 aliphatic heterocycles. The number of ether oxygens (including phenoxy) is 1. The third kappa shape index (κ3) is 7.59. The summed E-state index contributed by atoms with van der Waals surface area (Å²) in [7, 11) is -1.61. The number of hydrogen-bond donors (Lipinski definition) is 3. The highest BCUT2D eigenvalue weighted by Gasteiger charge is 1.96. The van der Waals surface area contributed by atoms with Gasteiger partial charge in [-0.2, -0.15) is 0 Å². The molecule has 86 valence electrons. The number of hydrogen-bond acceptors (Lipinski definition) is 5. The van der Waals surface area contributed by atoms with E-state index in [1.54, 1.807) is 25.3 Å². The number of benzene rings is 1. The summed E-state index contributed by atoms with van der Waals surface area (Å²) >= 11 is 0. The molecular weight excluding hydrogens is 218 g/mol. The van der Waals surface area contributed by atoms with Crippen LogP contribution in [0.3, 0.4) is 0 Å². The van der Waals surface area contributed by atoms with Gasteiger partial charge < -0.3 is 16.2 Å². The summed E-state index contributed by atoms with van der Waals surface area (Å²) in [5.74, 6) is 0.625. The maximum Gasteiger partial charge on any atom is 0.206 e. The zero-order valence-electron chi connectivity index (χ0n) is 8.60. The van der Waals surface area contributed by atoms with Crippen LogP contribution in [0.4, 0.5) is 11.4 Å². The second-order valence-corrected chi connectivity index (χ2v) is 4.49. The molecule has 1 aromatic rings. The van der Waals surface area contributed by atoms with Crippen molar-refractivity contribution in [3.8, 4) is 5.75 Å². The Kier molecular flexibility index (Phi) is 4.89. The van der Waals surface area contributed by atoms with Crippen molar-refractivity contribution in [2.45, 2.75) is 0 Å². The number of nitrogens with two attached hydrogens (primary N) is 3. The molecule has 0 saturated carbocycles. The maximum atomic E-state index is 9.41. The molecule has 1 aromatic carbocycles. The fourth-order valence-corrected chi connectivity index (χ4v) is 0.728. The van der Waals surface area contributed by atoms with Crippen LogP contribution < -0.4 is 21.3 Å². The van der Waals surface area contributed by atoms with Crippen LogP contribution >= 0.6 is 0 Å². The minimum atomic E-state index is -3.17. The number of sulfonamides is 1. The monoisotopic (exact) mass is 233 g/mol. The van der Waals surface area contributed by atoms with Crippen LogP contribution in [0.25, 0.3) is 0 Å². The highest BCUT2D eigenvalue weighted by Crippen LogP contribution is 2.22. The van der Waals surface area contributed by atoms with Crippen molar-refractivity contribution < 1.29 is 13.2 Å². The molecule has 0 aliphatic rings. The lowest BCUT2D eigenvalue weighted by molar-refractivity contribution is 0.417. The Balaban J connectivity index is 0.000000336. The van der Waals surface area contributed by atoms with Gasteiger partial charge >= 0.3 is 0 Å². The van der Waals surface area contributed by atoms with Gasteiger partial charge in [0.2, 0.25) is 10.0 Å². The Morgan fingerprint density at radius 2 is 1.73 bits per heavy atom. The van der Waals surface area contributed by atoms with Crippen LogP contribution in [0, 0.1) is 0 Å². The van der Waals surface area contributed by atoms with Gasteiger partial charge in [0.05, 0.1) is 19.1 Å². The van der Waals surface area contributed by atoms with Gasteiger partial charge in [0.15, 0.2) is 0 Å². The van der Waals surface area contributed by atoms with E-state index in [0.29, 0.717) is 17.1 Å². The van der Waals surface area contributed by atoms with E-state index in [1.807, 2.05) is 0 Å². The van der Waals surface area contributed by atoms with Gasteiger partial charge in [-0.15, -0.1) is 0 Å². The molecule has 0 aliphatic carbocycles. The molecule has 0 unspecified atom stereocenters. The Morgan fingerprint density at radius 3 is 2.07 bits per heavy atom. The van der Waals surface area contributed by atoms with Crippen molar-refractivity contribution in [1.29, 1.82) is 0 Å². The normalized spacial score (nSPS) is 10.1. The van der Waals surface area contributed by atoms with Gasteiger partial charge in [-0.25, -0.2) is 13.6 Å². The minimum absolute atomic E-state index is 0.608. The van der Waals surface area contributed by atoms with Gasteiger partial charge in [-0.05, 0) is 12.1 Å². The smallest absolute Gasteiger partial charge is 0.206 e. The van der Waals surface area contributed by atoms with E-state index in [2.05, 4.69) is 5.14 Å². The molecule has 6 N–H and O–H groups in total. The molecule has 0 bridgehead atoms. The fourth-order valence-electron chi connectivity index (χ4n) is 0.728. The average Bonchev–Trinajstić information content (AvgIpc) is 2.06. The SMILES string of the molecule is COc1cc(N)ccc1N.CS(N)(=O)=O. The van der Waals surface area contributed by atoms with Crippen molar-refractivity contribution in [1.82, 2.24) is 0 Å². The molecule has 0 saturated heterocycles. The zero-order valence-corrected chi connectivity index (χ0v) is 9.41. The number of rotatable bonds is 1. The summed E-state index contributed by atoms with van der Waals surface area (Å²) in [5.41, 5.74) is 12.3. The average molecular weight is 233 g/mol. The Labute approximate surface area is 89.1 Å². The number of methoxy groups -OCH3 is 1. The quantitative estimate of drug-likeness (QED) is 0.578. The fraction of sp³-hybridized carbons (Fsp3) is 0.250. The lowest BCUT2D eigenvalue weighted by Gasteiger charge is -2.03. The van der Waals surface area contributed by atoms with E-state index in [9.17, 15) is 8.42 Å². The summed E-state index contributed by atoms with van der Waals surface area (Å²) in [6.07, 6.45) is 0.938. The molecule has 0 aromatic heterocycles. The molecule has 6 nitrogen and oxygen atoms in total. The van der Waals surface area contributed by atoms with Gasteiger partial charge in [0.1, 0.15) is 5.75 Å². The predicted molar refractivity (Wildman–Crippen MR) is 60.9 cm³/mol. The lowest BCUT2D eigenvalue weighted by Crippen LogP contribution is -2.07. The summed E-state index contributed by atoms with van der Waals surface area (Å²) < 4.78 is 23.7. The molecule has 0 heterocycles. The molecule has 7 heteroatoms. The van der Waals surface area contributed by atoms with Crippen LogP contribution in [0.2, 0.25) is 0 Å². The number of anilines is 2. The Hall–Kier alpha value is -1.47. The van der Waals surface area contributed by atoms with Gasteiger partial charge in [0, 0.05) is 11.8 Å². The first-order valence-electron chi connectivity index (χ1n) is 3.91. The first kappa shape index (κ1) is 13.5. The van der Waals surface area contributed by atoms with Crippen molar-refractivity contribution in [3.05, 3.63) is 18.2 Å². The van der Waals surface area contributed by atoms with Crippen molar-refractivity contribution >= 4 is 21.4 Å². The second-order valence-electron chi connectivity index (χ2n) is 2.83. The Morgan fingerprint density at radius 1 is 1.27 bits per heavy atom. The van der Waals surface area contributed by atoms with Crippen LogP contribution in [0.15, 0.2) is 18.2 Å². The summed E-state index contributed by atoms with van der Waals surface area (Å²) in [5, 5.41) is 4.33. The van der Waals surface area contributed by atoms with Crippen molar-refractivity contribution in [2.24, 2.45) is 5.14 Å². The van der Waals surface area contributed by atoms with E-state index in [4.69, 9.17) is 16.2 Å². The van der Waals surface area contributed by atoms with Gasteiger partial charge in [-0.1, -0.05) is 0 Å². The number of primary sulfonamides is 1. The molecule has 0 spiro atoms. The molecule has 0 amide bonds. The third-order valence-corrected chi connectivity index (χ3v) is 1.26. The lowest BCUT2D eigenvalue weighted by atomic mass is 10.3. The van der Waals surface area contributed by atoms with Crippen LogP contribution in [0.1, 0.15) is 0 Å². The molecule has 15 heavy (non-hydrogen) atoms. The number of nitrogen functional groups attached to an aromatic ring is 2. The molecule has 0 radical (unpaired) electrons. The predicted octanol–water partition coefficient (Wildman–Crippen LogP) is -0.236. The highest BCUT2D eigenvalue weighted by molar-refractivity contribution is 7.88. The summed E-state index contributed by atoms with van der Waals surface area (Å²) in [6, 6.07) is 5.14. The first-order valence-corrected chi connectivity index (χ1v) is 5.86. The van der Waals surface area contributed by atoms with Gasteiger partial charge in [-0.3, -0.25) is 0 Å². The van der Waals surface area contributed by atoms with E-state index in [0.717, 1.165) is 6.26 Å². The zero-order chi connectivity index (χ0) is 12.1. The van der Waals surface area contributed by atoms with Crippen LogP contribution in [0.5, 0.6) is 5.75 Å². The molecule has 1 rings (SSSR count). The third-order valence-electron chi connectivity index (χ3n) is 1.26. The van der Waals surface area contributed by atoms with E-state index in [1.165, 1.54) is 0 Å². The van der Waals surface area contributed by atoms with Crippen LogP contribution in [-0.2, 0) is 10.0 Å². The van der Waals surface area contributed by atoms with E-state index < -0.39 is 10.0 Å². The molecule has 0 fully saturated rings. The standard InChI is InChI=1S/C7H10N2O.CH5NO2S/c1-10-7-4-5(8)2-3-6(7)9;1-5(2,3)4/h2-4H,8-9H2,1H3;1H3,(H2,2,3,4). The van der Waals surface area contributed by atoms with Gasteiger partial charge in [0.25, 0.3) is 0 Å². The van der Waals surface area contributed by atoms with E-state index in [-0.39, 0.29) is 0 Å². The van der Waals surface area contributed by atoms with Crippen LogP contribution in [-0.4, -0.2) is 21.8 Å². The minimum Gasteiger partial charge on any atom is -0.495 e. The molecular formula is C8H15N3O3S. The maximum absolute atomic E-state index is 9.41. The Bertz CT molecular complexity index is 409. The summed E-state index contributed by atoms with van der Waals surface area (Å²) in [6.45, 7) is 0. The second kappa shape index (κ2) is 5.42. The first-order chi connectivity index (χ1) is 6.74. The summed E-state index contributed by atoms with van der Waals surface area (Å²) in [4.78, 5) is 0. The van der Waals surface area contributed by atoms with Crippen molar-refractivity contribution in [2.75, 3.05) is 24.8 Å². The highest BCUT2D eigenvalue weighted by atomic mass is 32.2. The van der Waals surface area contributed by atoms with E-state index >= 15 is 0 Å². The van der Waals surface area contributed by atoms with Crippen molar-refractivity contribution in [3.63, 3.8) is 0 Å². The molecule has 0 atom stereocenters. The largest absolute Gasteiger partial charge is 0.495 e.